The second-order valence-electron chi connectivity index (χ2n) is 6.30. The van der Waals surface area contributed by atoms with E-state index < -0.39 is 0 Å². The molecule has 0 radical (unpaired) electrons. The van der Waals surface area contributed by atoms with Crippen molar-refractivity contribution in [1.82, 2.24) is 14.9 Å². The van der Waals surface area contributed by atoms with Crippen LogP contribution in [-0.2, 0) is 18.3 Å². The molecule has 2 aromatic carbocycles. The van der Waals surface area contributed by atoms with Crippen LogP contribution in [0, 0.1) is 0 Å². The molecule has 0 saturated heterocycles. The van der Waals surface area contributed by atoms with Crippen LogP contribution in [0.3, 0.4) is 0 Å². The standard InChI is InChI=1S/C21H22ClN3O2/c1-25-13-12-23-21(25)20(16-7-9-18(27-2)10-8-16)24-19(26)11-6-15-4-3-5-17(22)14-15/h3-5,7-10,12-14,20H,6,11H2,1-2H3,(H,24,26). The molecular weight excluding hydrogens is 362 g/mol. The van der Waals surface area contributed by atoms with Gasteiger partial charge < -0.3 is 14.6 Å². The van der Waals surface area contributed by atoms with E-state index >= 15 is 0 Å². The third-order valence-electron chi connectivity index (χ3n) is 4.40. The van der Waals surface area contributed by atoms with Gasteiger partial charge in [-0.1, -0.05) is 35.9 Å². The Morgan fingerprint density at radius 1 is 1.26 bits per heavy atom. The SMILES string of the molecule is COc1ccc(C(NC(=O)CCc2cccc(Cl)c2)c2nccn2C)cc1. The summed E-state index contributed by atoms with van der Waals surface area (Å²) in [7, 11) is 3.54. The first-order chi connectivity index (χ1) is 13.1. The number of halogens is 1. The number of carbonyl (C=O) groups is 1. The van der Waals surface area contributed by atoms with Gasteiger partial charge in [-0.3, -0.25) is 4.79 Å². The van der Waals surface area contributed by atoms with Gasteiger partial charge >= 0.3 is 0 Å². The van der Waals surface area contributed by atoms with Crippen LogP contribution in [0.1, 0.15) is 29.4 Å². The highest BCUT2D eigenvalue weighted by Gasteiger charge is 2.20. The van der Waals surface area contributed by atoms with Crippen LogP contribution in [0.5, 0.6) is 5.75 Å². The number of hydrogen-bond acceptors (Lipinski definition) is 3. The molecule has 0 fully saturated rings. The highest BCUT2D eigenvalue weighted by Crippen LogP contribution is 2.23. The number of nitrogens with zero attached hydrogens (tertiary/aromatic N) is 2. The van der Waals surface area contributed by atoms with Gasteiger partial charge in [0.15, 0.2) is 0 Å². The van der Waals surface area contributed by atoms with Crippen molar-refractivity contribution in [3.63, 3.8) is 0 Å². The molecule has 0 aliphatic carbocycles. The van der Waals surface area contributed by atoms with E-state index in [2.05, 4.69) is 10.3 Å². The van der Waals surface area contributed by atoms with Crippen LogP contribution in [0.2, 0.25) is 5.02 Å². The minimum Gasteiger partial charge on any atom is -0.497 e. The average Bonchev–Trinajstić information content (AvgIpc) is 3.10. The Bertz CT molecular complexity index is 906. The van der Waals surface area contributed by atoms with E-state index in [4.69, 9.17) is 16.3 Å². The second-order valence-corrected chi connectivity index (χ2v) is 6.74. The van der Waals surface area contributed by atoms with E-state index in [9.17, 15) is 4.79 Å². The number of imidazole rings is 1. The molecule has 0 bridgehead atoms. The molecule has 1 amide bonds. The number of nitrogens with one attached hydrogen (secondary N) is 1. The summed E-state index contributed by atoms with van der Waals surface area (Å²) in [6.07, 6.45) is 4.59. The second kappa shape index (κ2) is 8.73. The van der Waals surface area contributed by atoms with Crippen molar-refractivity contribution in [2.45, 2.75) is 18.9 Å². The molecule has 1 heterocycles. The Balaban J connectivity index is 1.74. The first-order valence-corrected chi connectivity index (χ1v) is 9.09. The monoisotopic (exact) mass is 383 g/mol. The van der Waals surface area contributed by atoms with Crippen molar-refractivity contribution in [2.24, 2.45) is 7.05 Å². The summed E-state index contributed by atoms with van der Waals surface area (Å²) in [5, 5.41) is 3.78. The molecular formula is C21H22ClN3O2. The van der Waals surface area contributed by atoms with Crippen LogP contribution >= 0.6 is 11.6 Å². The Labute approximate surface area is 164 Å². The van der Waals surface area contributed by atoms with Crippen molar-refractivity contribution in [3.05, 3.63) is 82.9 Å². The molecule has 1 N–H and O–H groups in total. The van der Waals surface area contributed by atoms with Crippen molar-refractivity contribution in [2.75, 3.05) is 7.11 Å². The van der Waals surface area contributed by atoms with E-state index in [1.165, 1.54) is 0 Å². The molecule has 140 valence electrons. The van der Waals surface area contributed by atoms with E-state index in [-0.39, 0.29) is 11.9 Å². The molecule has 0 aliphatic heterocycles. The van der Waals surface area contributed by atoms with Crippen LogP contribution < -0.4 is 10.1 Å². The van der Waals surface area contributed by atoms with Crippen LogP contribution in [0.4, 0.5) is 0 Å². The number of hydrogen-bond donors (Lipinski definition) is 1. The predicted molar refractivity (Wildman–Crippen MR) is 106 cm³/mol. The van der Waals surface area contributed by atoms with Crippen molar-refractivity contribution >= 4 is 17.5 Å². The first kappa shape index (κ1) is 19.0. The molecule has 1 atom stereocenters. The summed E-state index contributed by atoms with van der Waals surface area (Å²) in [5.74, 6) is 1.50. The largest absolute Gasteiger partial charge is 0.497 e. The zero-order valence-electron chi connectivity index (χ0n) is 15.4. The lowest BCUT2D eigenvalue weighted by atomic mass is 10.0. The quantitative estimate of drug-likeness (QED) is 0.672. The van der Waals surface area contributed by atoms with Crippen LogP contribution in [0.15, 0.2) is 60.9 Å². The topological polar surface area (TPSA) is 56.1 Å². The van der Waals surface area contributed by atoms with Crippen molar-refractivity contribution in [3.8, 4) is 5.75 Å². The Hall–Kier alpha value is -2.79. The van der Waals surface area contributed by atoms with Gasteiger partial charge in [0.2, 0.25) is 5.91 Å². The number of aromatic nitrogens is 2. The fraction of sp³-hybridized carbons (Fsp3) is 0.238. The smallest absolute Gasteiger partial charge is 0.221 e. The van der Waals surface area contributed by atoms with Gasteiger partial charge in [-0.05, 0) is 41.8 Å². The maximum absolute atomic E-state index is 12.6. The molecule has 27 heavy (non-hydrogen) atoms. The normalized spacial score (nSPS) is 11.8. The van der Waals surface area contributed by atoms with Crippen molar-refractivity contribution in [1.29, 1.82) is 0 Å². The molecule has 1 aromatic heterocycles. The predicted octanol–water partition coefficient (Wildman–Crippen LogP) is 3.92. The molecule has 6 heteroatoms. The number of methoxy groups -OCH3 is 1. The summed E-state index contributed by atoms with van der Waals surface area (Å²) >= 11 is 6.01. The van der Waals surface area contributed by atoms with Crippen LogP contribution in [-0.4, -0.2) is 22.6 Å². The molecule has 0 saturated carbocycles. The van der Waals surface area contributed by atoms with E-state index in [0.717, 1.165) is 22.7 Å². The number of amides is 1. The minimum atomic E-state index is -0.331. The maximum atomic E-state index is 12.6. The molecule has 3 rings (SSSR count). The number of carbonyl (C=O) groups excluding carboxylic acids is 1. The zero-order valence-corrected chi connectivity index (χ0v) is 16.1. The molecule has 3 aromatic rings. The first-order valence-electron chi connectivity index (χ1n) is 8.72. The van der Waals surface area contributed by atoms with Gasteiger partial charge in [0.25, 0.3) is 0 Å². The minimum absolute atomic E-state index is 0.0428. The van der Waals surface area contributed by atoms with E-state index in [1.807, 2.05) is 66.3 Å². The molecule has 1 unspecified atom stereocenters. The number of benzene rings is 2. The van der Waals surface area contributed by atoms with Gasteiger partial charge in [0.1, 0.15) is 17.6 Å². The summed E-state index contributed by atoms with van der Waals surface area (Å²) in [6, 6.07) is 14.9. The molecule has 5 nitrogen and oxygen atoms in total. The lowest BCUT2D eigenvalue weighted by molar-refractivity contribution is -0.121. The summed E-state index contributed by atoms with van der Waals surface area (Å²) in [5.41, 5.74) is 1.98. The molecule has 0 spiro atoms. The van der Waals surface area contributed by atoms with Gasteiger partial charge in [-0.2, -0.15) is 0 Å². The fourth-order valence-electron chi connectivity index (χ4n) is 2.93. The number of ether oxygens (including phenoxy) is 1. The lowest BCUT2D eigenvalue weighted by Gasteiger charge is -2.19. The third-order valence-corrected chi connectivity index (χ3v) is 4.64. The summed E-state index contributed by atoms with van der Waals surface area (Å²) < 4.78 is 7.13. The summed E-state index contributed by atoms with van der Waals surface area (Å²) in [6.45, 7) is 0. The maximum Gasteiger partial charge on any atom is 0.221 e. The van der Waals surface area contributed by atoms with Crippen molar-refractivity contribution < 1.29 is 9.53 Å². The van der Waals surface area contributed by atoms with E-state index in [0.29, 0.717) is 17.9 Å². The Morgan fingerprint density at radius 3 is 2.67 bits per heavy atom. The third kappa shape index (κ3) is 4.89. The average molecular weight is 384 g/mol. The fourth-order valence-corrected chi connectivity index (χ4v) is 3.15. The Morgan fingerprint density at radius 2 is 2.04 bits per heavy atom. The zero-order chi connectivity index (χ0) is 19.2. The number of aryl methyl sites for hydroxylation is 2. The highest BCUT2D eigenvalue weighted by molar-refractivity contribution is 6.30. The lowest BCUT2D eigenvalue weighted by Crippen LogP contribution is -2.31. The van der Waals surface area contributed by atoms with Gasteiger partial charge in [-0.25, -0.2) is 4.98 Å². The van der Waals surface area contributed by atoms with E-state index in [1.54, 1.807) is 13.3 Å². The van der Waals surface area contributed by atoms with Gasteiger partial charge in [-0.15, -0.1) is 0 Å². The van der Waals surface area contributed by atoms with Gasteiger partial charge in [0.05, 0.1) is 7.11 Å². The highest BCUT2D eigenvalue weighted by atomic mass is 35.5. The number of rotatable bonds is 7. The summed E-state index contributed by atoms with van der Waals surface area (Å²) in [4.78, 5) is 17.0. The molecule has 0 aliphatic rings. The van der Waals surface area contributed by atoms with Crippen LogP contribution in [0.25, 0.3) is 0 Å². The van der Waals surface area contributed by atoms with Gasteiger partial charge in [0, 0.05) is 30.9 Å². The Kier molecular flexibility index (Phi) is 6.14.